The Labute approximate surface area is 195 Å². The first-order chi connectivity index (χ1) is 15.0. The number of nitrogens with one attached hydrogen (secondary N) is 1. The van der Waals surface area contributed by atoms with Crippen molar-refractivity contribution in [3.05, 3.63) is 64.7 Å². The molecule has 0 aliphatic rings. The molecule has 0 saturated heterocycles. The van der Waals surface area contributed by atoms with Crippen LogP contribution in [0.25, 0.3) is 0 Å². The summed E-state index contributed by atoms with van der Waals surface area (Å²) >= 11 is 6.09. The molecule has 2 aromatic rings. The van der Waals surface area contributed by atoms with Gasteiger partial charge in [-0.1, -0.05) is 48.4 Å². The normalized spacial score (nSPS) is 12.2. The van der Waals surface area contributed by atoms with E-state index in [0.717, 1.165) is 28.1 Å². The van der Waals surface area contributed by atoms with Gasteiger partial charge in [-0.25, -0.2) is 8.42 Å². The number of rotatable bonds is 10. The molecule has 32 heavy (non-hydrogen) atoms. The molecule has 0 fully saturated rings. The Morgan fingerprint density at radius 1 is 1.12 bits per heavy atom. The fourth-order valence-electron chi connectivity index (χ4n) is 3.14. The van der Waals surface area contributed by atoms with Gasteiger partial charge in [0.2, 0.25) is 21.8 Å². The van der Waals surface area contributed by atoms with E-state index in [2.05, 4.69) is 5.32 Å². The van der Waals surface area contributed by atoms with Crippen LogP contribution >= 0.6 is 11.6 Å². The number of sulfonamides is 1. The molecule has 1 atom stereocenters. The summed E-state index contributed by atoms with van der Waals surface area (Å²) < 4.78 is 26.0. The highest BCUT2D eigenvalue weighted by molar-refractivity contribution is 7.92. The molecule has 0 aliphatic heterocycles. The van der Waals surface area contributed by atoms with Crippen LogP contribution in [0, 0.1) is 6.92 Å². The topological polar surface area (TPSA) is 86.8 Å². The Morgan fingerprint density at radius 2 is 1.78 bits per heavy atom. The lowest BCUT2D eigenvalue weighted by molar-refractivity contribution is -0.139. The minimum atomic E-state index is -3.73. The number of benzene rings is 2. The molecule has 0 radical (unpaired) electrons. The second-order valence-electron chi connectivity index (χ2n) is 7.72. The second-order valence-corrected chi connectivity index (χ2v) is 10.1. The Balaban J connectivity index is 2.35. The zero-order valence-corrected chi connectivity index (χ0v) is 20.4. The molecule has 2 rings (SSSR count). The lowest BCUT2D eigenvalue weighted by atomic mass is 10.1. The quantitative estimate of drug-likeness (QED) is 0.566. The number of aryl methyl sites for hydroxylation is 1. The van der Waals surface area contributed by atoms with Crippen LogP contribution < -0.4 is 9.62 Å². The summed E-state index contributed by atoms with van der Waals surface area (Å²) in [5, 5.41) is 3.30. The van der Waals surface area contributed by atoms with Gasteiger partial charge in [-0.15, -0.1) is 0 Å². The number of carbonyl (C=O) groups excluding carboxylic acids is 2. The molecule has 0 aromatic heterocycles. The summed E-state index contributed by atoms with van der Waals surface area (Å²) in [5.74, 6) is -0.793. The fourth-order valence-corrected chi connectivity index (χ4v) is 4.20. The van der Waals surface area contributed by atoms with Crippen LogP contribution in [0.1, 0.15) is 31.4 Å². The average molecular weight is 480 g/mol. The third kappa shape index (κ3) is 7.24. The van der Waals surface area contributed by atoms with Crippen LogP contribution in [0.3, 0.4) is 0 Å². The number of halogens is 1. The van der Waals surface area contributed by atoms with Gasteiger partial charge in [0.25, 0.3) is 0 Å². The van der Waals surface area contributed by atoms with Crippen LogP contribution in [0.5, 0.6) is 0 Å². The monoisotopic (exact) mass is 479 g/mol. The number of hydrogen-bond acceptors (Lipinski definition) is 4. The van der Waals surface area contributed by atoms with E-state index in [4.69, 9.17) is 11.6 Å². The maximum atomic E-state index is 13.4. The first-order valence-electron chi connectivity index (χ1n) is 10.4. The highest BCUT2D eigenvalue weighted by Crippen LogP contribution is 2.20. The maximum absolute atomic E-state index is 13.4. The summed E-state index contributed by atoms with van der Waals surface area (Å²) in [6, 6.07) is 13.1. The third-order valence-electron chi connectivity index (χ3n) is 4.96. The lowest BCUT2D eigenvalue weighted by Gasteiger charge is -2.31. The molecule has 2 amide bonds. The molecule has 7 nitrogen and oxygen atoms in total. The van der Waals surface area contributed by atoms with Gasteiger partial charge in [-0.3, -0.25) is 13.9 Å². The van der Waals surface area contributed by atoms with Crippen LogP contribution in [0.4, 0.5) is 5.69 Å². The largest absolute Gasteiger partial charge is 0.354 e. The van der Waals surface area contributed by atoms with E-state index in [0.29, 0.717) is 17.3 Å². The van der Waals surface area contributed by atoms with Crippen molar-refractivity contribution in [2.24, 2.45) is 0 Å². The van der Waals surface area contributed by atoms with Gasteiger partial charge in [0, 0.05) is 18.1 Å². The van der Waals surface area contributed by atoms with Crippen molar-refractivity contribution >= 4 is 39.1 Å². The van der Waals surface area contributed by atoms with Crippen LogP contribution in [-0.2, 0) is 26.2 Å². The highest BCUT2D eigenvalue weighted by Gasteiger charge is 2.29. The first kappa shape index (κ1) is 25.7. The van der Waals surface area contributed by atoms with Crippen molar-refractivity contribution in [3.63, 3.8) is 0 Å². The summed E-state index contributed by atoms with van der Waals surface area (Å²) in [7, 11) is -3.73. The molecule has 0 heterocycles. The molecule has 0 bridgehead atoms. The smallest absolute Gasteiger partial charge is 0.244 e. The Hall–Kier alpha value is -2.58. The first-order valence-corrected chi connectivity index (χ1v) is 12.6. The Morgan fingerprint density at radius 3 is 2.34 bits per heavy atom. The SMILES string of the molecule is CCCNC(=O)[C@@H](C)N(Cc1cccc(Cl)c1)C(=O)CN(c1ccc(C)cc1)S(C)(=O)=O. The lowest BCUT2D eigenvalue weighted by Crippen LogP contribution is -2.51. The summed E-state index contributed by atoms with van der Waals surface area (Å²) in [6.45, 7) is 5.64. The van der Waals surface area contributed by atoms with E-state index in [1.807, 2.05) is 13.8 Å². The van der Waals surface area contributed by atoms with Gasteiger partial charge in [-0.05, 0) is 50.1 Å². The fraction of sp³-hybridized carbons (Fsp3) is 0.391. The van der Waals surface area contributed by atoms with E-state index in [1.54, 1.807) is 55.5 Å². The van der Waals surface area contributed by atoms with Crippen LogP contribution in [0.2, 0.25) is 5.02 Å². The van der Waals surface area contributed by atoms with Crippen molar-refractivity contribution in [3.8, 4) is 0 Å². The number of hydrogen-bond donors (Lipinski definition) is 1. The van der Waals surface area contributed by atoms with E-state index in [1.165, 1.54) is 4.90 Å². The van der Waals surface area contributed by atoms with E-state index < -0.39 is 28.5 Å². The molecule has 174 valence electrons. The van der Waals surface area contributed by atoms with Gasteiger partial charge in [0.05, 0.1) is 11.9 Å². The molecule has 1 N–H and O–H groups in total. The third-order valence-corrected chi connectivity index (χ3v) is 6.34. The summed E-state index contributed by atoms with van der Waals surface area (Å²) in [6.07, 6.45) is 1.81. The summed E-state index contributed by atoms with van der Waals surface area (Å²) in [5.41, 5.74) is 2.09. The maximum Gasteiger partial charge on any atom is 0.244 e. The highest BCUT2D eigenvalue weighted by atomic mass is 35.5. The summed E-state index contributed by atoms with van der Waals surface area (Å²) in [4.78, 5) is 27.4. The van der Waals surface area contributed by atoms with E-state index >= 15 is 0 Å². The van der Waals surface area contributed by atoms with Crippen molar-refractivity contribution in [2.75, 3.05) is 23.7 Å². The molecule has 2 aromatic carbocycles. The number of nitrogens with zero attached hydrogens (tertiary/aromatic N) is 2. The Bertz CT molecular complexity index is 1040. The molecule has 0 spiro atoms. The molecular weight excluding hydrogens is 450 g/mol. The molecule has 0 aliphatic carbocycles. The number of amides is 2. The van der Waals surface area contributed by atoms with Gasteiger partial charge >= 0.3 is 0 Å². The minimum absolute atomic E-state index is 0.117. The second kappa shape index (κ2) is 11.3. The standard InChI is InChI=1S/C23H30ClN3O4S/c1-5-13-25-23(29)18(3)26(15-19-7-6-8-20(24)14-19)22(28)16-27(32(4,30)31)21-11-9-17(2)10-12-21/h6-12,14,18H,5,13,15-16H2,1-4H3,(H,25,29)/t18-/m1/s1. The zero-order valence-electron chi connectivity index (χ0n) is 18.8. The van der Waals surface area contributed by atoms with Gasteiger partial charge in [-0.2, -0.15) is 0 Å². The van der Waals surface area contributed by atoms with Gasteiger partial charge < -0.3 is 10.2 Å². The van der Waals surface area contributed by atoms with E-state index in [-0.39, 0.29) is 12.5 Å². The van der Waals surface area contributed by atoms with Crippen molar-refractivity contribution in [2.45, 2.75) is 39.8 Å². The number of anilines is 1. The zero-order chi connectivity index (χ0) is 23.9. The van der Waals surface area contributed by atoms with Crippen molar-refractivity contribution in [1.29, 1.82) is 0 Å². The van der Waals surface area contributed by atoms with Gasteiger partial charge in [0.15, 0.2) is 0 Å². The molecule has 0 unspecified atom stereocenters. The van der Waals surface area contributed by atoms with E-state index in [9.17, 15) is 18.0 Å². The number of carbonyl (C=O) groups is 2. The molecule has 0 saturated carbocycles. The van der Waals surface area contributed by atoms with Crippen LogP contribution in [0.15, 0.2) is 48.5 Å². The average Bonchev–Trinajstić information content (AvgIpc) is 2.73. The molecule has 9 heteroatoms. The predicted molar refractivity (Wildman–Crippen MR) is 128 cm³/mol. The van der Waals surface area contributed by atoms with Crippen LogP contribution in [-0.4, -0.2) is 50.5 Å². The van der Waals surface area contributed by atoms with Crippen molar-refractivity contribution < 1.29 is 18.0 Å². The van der Waals surface area contributed by atoms with Crippen molar-refractivity contribution in [1.82, 2.24) is 10.2 Å². The van der Waals surface area contributed by atoms with Gasteiger partial charge in [0.1, 0.15) is 12.6 Å². The Kier molecular flexibility index (Phi) is 9.09. The minimum Gasteiger partial charge on any atom is -0.354 e. The molecular formula is C23H30ClN3O4S. The predicted octanol–water partition coefficient (Wildman–Crippen LogP) is 3.36.